The highest BCUT2D eigenvalue weighted by atomic mass is 79.9. The van der Waals surface area contributed by atoms with E-state index in [0.717, 1.165) is 4.47 Å². The standard InChI is InChI=1S/C14H17BrO2S/c15-13-8-4-3-7-12(13)14(16)10-18(17)9-11-5-1-2-6-11/h3-4,7-8,11H,1-2,5-6,9-10H2. The first kappa shape index (κ1) is 13.9. The number of rotatable bonds is 5. The second-order valence-electron chi connectivity index (χ2n) is 4.80. The van der Waals surface area contributed by atoms with Gasteiger partial charge in [0.15, 0.2) is 5.78 Å². The van der Waals surface area contributed by atoms with Crippen LogP contribution in [0, 0.1) is 5.92 Å². The fraction of sp³-hybridized carbons (Fsp3) is 0.500. The third-order valence-corrected chi connectivity index (χ3v) is 5.48. The van der Waals surface area contributed by atoms with E-state index in [1.807, 2.05) is 18.2 Å². The average molecular weight is 329 g/mol. The van der Waals surface area contributed by atoms with Crippen LogP contribution in [0.4, 0.5) is 0 Å². The van der Waals surface area contributed by atoms with Crippen LogP contribution >= 0.6 is 15.9 Å². The van der Waals surface area contributed by atoms with Crippen LogP contribution in [0.2, 0.25) is 0 Å². The third-order valence-electron chi connectivity index (χ3n) is 3.36. The van der Waals surface area contributed by atoms with E-state index < -0.39 is 10.8 Å². The van der Waals surface area contributed by atoms with Crippen molar-refractivity contribution < 1.29 is 9.00 Å². The maximum atomic E-state index is 12.0. The summed E-state index contributed by atoms with van der Waals surface area (Å²) in [4.78, 5) is 12.0. The first-order chi connectivity index (χ1) is 8.66. The Morgan fingerprint density at radius 3 is 2.61 bits per heavy atom. The van der Waals surface area contributed by atoms with Gasteiger partial charge in [-0.3, -0.25) is 9.00 Å². The Morgan fingerprint density at radius 1 is 1.28 bits per heavy atom. The summed E-state index contributed by atoms with van der Waals surface area (Å²) in [5, 5.41) is 0. The summed E-state index contributed by atoms with van der Waals surface area (Å²) in [6.45, 7) is 0. The molecule has 1 unspecified atom stereocenters. The summed E-state index contributed by atoms with van der Waals surface area (Å²) in [5.41, 5.74) is 0.636. The summed E-state index contributed by atoms with van der Waals surface area (Å²) in [6.07, 6.45) is 4.85. The Labute approximate surface area is 119 Å². The van der Waals surface area contributed by atoms with Gasteiger partial charge in [0.05, 0.1) is 5.75 Å². The van der Waals surface area contributed by atoms with Crippen molar-refractivity contribution in [2.24, 2.45) is 5.92 Å². The zero-order valence-electron chi connectivity index (χ0n) is 10.2. The van der Waals surface area contributed by atoms with E-state index in [0.29, 0.717) is 17.2 Å². The molecule has 0 saturated heterocycles. The highest BCUT2D eigenvalue weighted by Gasteiger charge is 2.20. The van der Waals surface area contributed by atoms with E-state index in [-0.39, 0.29) is 11.5 Å². The third kappa shape index (κ3) is 3.75. The van der Waals surface area contributed by atoms with E-state index in [1.165, 1.54) is 25.7 Å². The zero-order chi connectivity index (χ0) is 13.0. The van der Waals surface area contributed by atoms with Crippen molar-refractivity contribution >= 4 is 32.5 Å². The van der Waals surface area contributed by atoms with Gasteiger partial charge in [-0.25, -0.2) is 0 Å². The van der Waals surface area contributed by atoms with Crippen molar-refractivity contribution in [3.63, 3.8) is 0 Å². The molecule has 0 radical (unpaired) electrons. The van der Waals surface area contributed by atoms with Crippen LogP contribution in [0.25, 0.3) is 0 Å². The maximum Gasteiger partial charge on any atom is 0.176 e. The van der Waals surface area contributed by atoms with Gasteiger partial charge in [0.2, 0.25) is 0 Å². The van der Waals surface area contributed by atoms with Crippen LogP contribution < -0.4 is 0 Å². The molecule has 18 heavy (non-hydrogen) atoms. The predicted molar refractivity (Wildman–Crippen MR) is 78.3 cm³/mol. The number of hydrogen-bond acceptors (Lipinski definition) is 2. The Bertz CT molecular complexity index is 453. The molecular weight excluding hydrogens is 312 g/mol. The van der Waals surface area contributed by atoms with Gasteiger partial charge in [-0.05, 0) is 24.8 Å². The fourth-order valence-corrected chi connectivity index (χ4v) is 4.34. The van der Waals surface area contributed by atoms with Gasteiger partial charge in [0.1, 0.15) is 0 Å². The number of ketones is 1. The van der Waals surface area contributed by atoms with Crippen LogP contribution in [-0.4, -0.2) is 21.5 Å². The smallest absolute Gasteiger partial charge is 0.176 e. The lowest BCUT2D eigenvalue weighted by atomic mass is 10.1. The van der Waals surface area contributed by atoms with E-state index in [4.69, 9.17) is 0 Å². The maximum absolute atomic E-state index is 12.0. The molecule has 0 aliphatic heterocycles. The van der Waals surface area contributed by atoms with Crippen molar-refractivity contribution in [2.45, 2.75) is 25.7 Å². The van der Waals surface area contributed by atoms with Gasteiger partial charge in [-0.2, -0.15) is 0 Å². The number of carbonyl (C=O) groups excluding carboxylic acids is 1. The minimum Gasteiger partial charge on any atom is -0.293 e. The molecule has 1 fully saturated rings. The Morgan fingerprint density at radius 2 is 1.94 bits per heavy atom. The minimum absolute atomic E-state index is 0.0289. The van der Waals surface area contributed by atoms with E-state index in [2.05, 4.69) is 15.9 Å². The second kappa shape index (κ2) is 6.62. The van der Waals surface area contributed by atoms with Crippen LogP contribution in [0.1, 0.15) is 36.0 Å². The Balaban J connectivity index is 1.91. The number of carbonyl (C=O) groups is 1. The molecule has 98 valence electrons. The quantitative estimate of drug-likeness (QED) is 0.774. The fourth-order valence-electron chi connectivity index (χ4n) is 2.41. The molecule has 1 aliphatic carbocycles. The lowest BCUT2D eigenvalue weighted by molar-refractivity contribution is 0.102. The van der Waals surface area contributed by atoms with E-state index in [1.54, 1.807) is 6.07 Å². The lowest BCUT2D eigenvalue weighted by Crippen LogP contribution is -2.17. The van der Waals surface area contributed by atoms with Gasteiger partial charge < -0.3 is 0 Å². The number of halogens is 1. The Kier molecular flexibility index (Phi) is 5.13. The number of benzene rings is 1. The van der Waals surface area contributed by atoms with Gasteiger partial charge in [-0.15, -0.1) is 0 Å². The molecule has 1 atom stereocenters. The molecule has 2 rings (SSSR count). The van der Waals surface area contributed by atoms with Gasteiger partial charge in [0.25, 0.3) is 0 Å². The summed E-state index contributed by atoms with van der Waals surface area (Å²) in [6, 6.07) is 7.32. The molecule has 1 aromatic carbocycles. The molecule has 1 aliphatic rings. The molecule has 1 aromatic rings. The molecule has 0 N–H and O–H groups in total. The monoisotopic (exact) mass is 328 g/mol. The van der Waals surface area contributed by atoms with Crippen LogP contribution in [-0.2, 0) is 10.8 Å². The molecular formula is C14H17BrO2S. The number of hydrogen-bond donors (Lipinski definition) is 0. The summed E-state index contributed by atoms with van der Waals surface area (Å²) in [5.74, 6) is 1.38. The first-order valence-electron chi connectivity index (χ1n) is 6.29. The van der Waals surface area contributed by atoms with Crippen molar-refractivity contribution in [2.75, 3.05) is 11.5 Å². The summed E-state index contributed by atoms with van der Waals surface area (Å²) in [7, 11) is -1.02. The second-order valence-corrected chi connectivity index (χ2v) is 7.16. The topological polar surface area (TPSA) is 34.1 Å². The highest BCUT2D eigenvalue weighted by Crippen LogP contribution is 2.25. The van der Waals surface area contributed by atoms with Gasteiger partial charge >= 0.3 is 0 Å². The van der Waals surface area contributed by atoms with Crippen molar-refractivity contribution in [3.05, 3.63) is 34.3 Å². The number of Topliss-reactive ketones (excluding diaryl/α,β-unsaturated/α-hetero) is 1. The molecule has 1 saturated carbocycles. The van der Waals surface area contributed by atoms with Crippen molar-refractivity contribution in [3.8, 4) is 0 Å². The Hall–Kier alpha value is -0.480. The van der Waals surface area contributed by atoms with E-state index in [9.17, 15) is 9.00 Å². The summed E-state index contributed by atoms with van der Waals surface area (Å²) >= 11 is 3.36. The van der Waals surface area contributed by atoms with Crippen molar-refractivity contribution in [1.82, 2.24) is 0 Å². The SMILES string of the molecule is O=C(CS(=O)CC1CCCC1)c1ccccc1Br. The lowest BCUT2D eigenvalue weighted by Gasteiger charge is -2.08. The van der Waals surface area contributed by atoms with Crippen molar-refractivity contribution in [1.29, 1.82) is 0 Å². The predicted octanol–water partition coefficient (Wildman–Crippen LogP) is 3.57. The highest BCUT2D eigenvalue weighted by molar-refractivity contribution is 9.10. The zero-order valence-corrected chi connectivity index (χ0v) is 12.6. The summed E-state index contributed by atoms with van der Waals surface area (Å²) < 4.78 is 12.8. The molecule has 0 amide bonds. The molecule has 2 nitrogen and oxygen atoms in total. The van der Waals surface area contributed by atoms with Crippen LogP contribution in [0.15, 0.2) is 28.7 Å². The molecule has 4 heteroatoms. The normalized spacial score (nSPS) is 17.8. The molecule has 0 aromatic heterocycles. The molecule has 0 spiro atoms. The average Bonchev–Trinajstić information content (AvgIpc) is 2.82. The van der Waals surface area contributed by atoms with Crippen LogP contribution in [0.3, 0.4) is 0 Å². The molecule has 0 heterocycles. The largest absolute Gasteiger partial charge is 0.293 e. The van der Waals surface area contributed by atoms with E-state index >= 15 is 0 Å². The van der Waals surface area contributed by atoms with Gasteiger partial charge in [0, 0.05) is 26.6 Å². The van der Waals surface area contributed by atoms with Crippen LogP contribution in [0.5, 0.6) is 0 Å². The van der Waals surface area contributed by atoms with Gasteiger partial charge in [-0.1, -0.05) is 47.0 Å². The first-order valence-corrected chi connectivity index (χ1v) is 8.57. The molecule has 0 bridgehead atoms. The minimum atomic E-state index is -1.02.